The van der Waals surface area contributed by atoms with Gasteiger partial charge in [-0.25, -0.2) is 0 Å². The lowest BCUT2D eigenvalue weighted by Gasteiger charge is -2.16. The molecular weight excluding hydrogens is 192 g/mol. The van der Waals surface area contributed by atoms with E-state index in [1.165, 1.54) is 0 Å². The topological polar surface area (TPSA) is 58.9 Å². The Morgan fingerprint density at radius 1 is 1.67 bits per heavy atom. The molecule has 15 heavy (non-hydrogen) atoms. The third-order valence-corrected chi connectivity index (χ3v) is 2.73. The van der Waals surface area contributed by atoms with E-state index in [0.717, 1.165) is 13.1 Å². The first-order valence-corrected chi connectivity index (χ1v) is 5.23. The van der Waals surface area contributed by atoms with Crippen LogP contribution in [0, 0.1) is 5.92 Å². The molecule has 1 aromatic heterocycles. The van der Waals surface area contributed by atoms with Gasteiger partial charge in [0.15, 0.2) is 0 Å². The molecule has 1 fully saturated rings. The van der Waals surface area contributed by atoms with Crippen molar-refractivity contribution in [2.24, 2.45) is 5.92 Å². The van der Waals surface area contributed by atoms with Crippen molar-refractivity contribution in [1.82, 2.24) is 20.4 Å². The minimum atomic E-state index is 0.0271. The molecule has 0 bridgehead atoms. The number of amides is 1. The van der Waals surface area contributed by atoms with E-state index < -0.39 is 0 Å². The number of hydrogen-bond donors (Lipinski definition) is 2. The van der Waals surface area contributed by atoms with Gasteiger partial charge in [0.05, 0.1) is 0 Å². The highest BCUT2D eigenvalue weighted by atomic mass is 16.2. The monoisotopic (exact) mass is 208 g/mol. The van der Waals surface area contributed by atoms with Crippen molar-refractivity contribution >= 4 is 5.91 Å². The van der Waals surface area contributed by atoms with Crippen LogP contribution in [0.2, 0.25) is 0 Å². The fourth-order valence-corrected chi connectivity index (χ4v) is 1.80. The van der Waals surface area contributed by atoms with Crippen LogP contribution < -0.4 is 10.6 Å². The average molecular weight is 208 g/mol. The zero-order chi connectivity index (χ0) is 10.7. The third-order valence-electron chi connectivity index (χ3n) is 2.73. The first-order chi connectivity index (χ1) is 7.25. The Kier molecular flexibility index (Phi) is 3.01. The van der Waals surface area contributed by atoms with Gasteiger partial charge in [-0.15, -0.1) is 0 Å². The Balaban J connectivity index is 1.82. The van der Waals surface area contributed by atoms with Crippen LogP contribution in [-0.4, -0.2) is 34.8 Å². The fraction of sp³-hybridized carbons (Fsp3) is 0.600. The predicted octanol–water partition coefficient (Wildman–Crippen LogP) is -0.393. The summed E-state index contributed by atoms with van der Waals surface area (Å²) in [4.78, 5) is 11.6. The second-order valence-corrected chi connectivity index (χ2v) is 4.01. The summed E-state index contributed by atoms with van der Waals surface area (Å²) in [6, 6.07) is 2.07. The highest BCUT2D eigenvalue weighted by Gasteiger charge is 2.24. The molecule has 0 aliphatic carbocycles. The standard InChI is InChI=1S/C10H16N4O/c1-8-5-11-6-9(8)13-10(15)7-14-4-2-3-12-14/h2-4,8-9,11H,5-7H2,1H3,(H,13,15). The van der Waals surface area contributed by atoms with E-state index in [1.54, 1.807) is 17.1 Å². The second kappa shape index (κ2) is 4.44. The number of hydrogen-bond acceptors (Lipinski definition) is 3. The van der Waals surface area contributed by atoms with Crippen molar-refractivity contribution in [2.45, 2.75) is 19.5 Å². The molecular formula is C10H16N4O. The lowest BCUT2D eigenvalue weighted by atomic mass is 10.1. The molecule has 5 heteroatoms. The summed E-state index contributed by atoms with van der Waals surface area (Å²) in [5.74, 6) is 0.533. The van der Waals surface area contributed by atoms with E-state index in [-0.39, 0.29) is 11.9 Å². The van der Waals surface area contributed by atoms with Crippen LogP contribution >= 0.6 is 0 Å². The Morgan fingerprint density at radius 2 is 2.53 bits per heavy atom. The van der Waals surface area contributed by atoms with Crippen molar-refractivity contribution in [3.8, 4) is 0 Å². The number of aromatic nitrogens is 2. The van der Waals surface area contributed by atoms with Crippen LogP contribution in [0.5, 0.6) is 0 Å². The number of nitrogens with zero attached hydrogens (tertiary/aromatic N) is 2. The normalized spacial score (nSPS) is 25.4. The van der Waals surface area contributed by atoms with Gasteiger partial charge in [-0.05, 0) is 18.5 Å². The van der Waals surface area contributed by atoms with Crippen LogP contribution in [0.4, 0.5) is 0 Å². The highest BCUT2D eigenvalue weighted by Crippen LogP contribution is 2.06. The maximum Gasteiger partial charge on any atom is 0.242 e. The quantitative estimate of drug-likeness (QED) is 0.711. The zero-order valence-electron chi connectivity index (χ0n) is 8.81. The summed E-state index contributed by atoms with van der Waals surface area (Å²) in [6.45, 7) is 4.29. The van der Waals surface area contributed by atoms with E-state index in [4.69, 9.17) is 0 Å². The van der Waals surface area contributed by atoms with E-state index in [0.29, 0.717) is 12.5 Å². The molecule has 1 aliphatic rings. The third kappa shape index (κ3) is 2.56. The van der Waals surface area contributed by atoms with Gasteiger partial charge < -0.3 is 10.6 Å². The number of carbonyl (C=O) groups is 1. The smallest absolute Gasteiger partial charge is 0.242 e. The summed E-state index contributed by atoms with van der Waals surface area (Å²) in [5.41, 5.74) is 0. The van der Waals surface area contributed by atoms with E-state index >= 15 is 0 Å². The van der Waals surface area contributed by atoms with Crippen LogP contribution in [0.1, 0.15) is 6.92 Å². The minimum absolute atomic E-state index is 0.0271. The lowest BCUT2D eigenvalue weighted by Crippen LogP contribution is -2.41. The first-order valence-electron chi connectivity index (χ1n) is 5.23. The summed E-state index contributed by atoms with van der Waals surface area (Å²) >= 11 is 0. The Labute approximate surface area is 88.8 Å². The van der Waals surface area contributed by atoms with Crippen molar-refractivity contribution in [1.29, 1.82) is 0 Å². The molecule has 0 aromatic carbocycles. The van der Waals surface area contributed by atoms with E-state index in [1.807, 2.05) is 6.07 Å². The lowest BCUT2D eigenvalue weighted by molar-refractivity contribution is -0.122. The van der Waals surface area contributed by atoms with Crippen LogP contribution in [0.3, 0.4) is 0 Å². The first kappa shape index (κ1) is 10.2. The van der Waals surface area contributed by atoms with Gasteiger partial charge in [-0.2, -0.15) is 5.10 Å². The Hall–Kier alpha value is -1.36. The van der Waals surface area contributed by atoms with Crippen molar-refractivity contribution < 1.29 is 4.79 Å². The summed E-state index contributed by atoms with van der Waals surface area (Å²) < 4.78 is 1.63. The van der Waals surface area contributed by atoms with Crippen molar-refractivity contribution in [2.75, 3.05) is 13.1 Å². The molecule has 2 N–H and O–H groups in total. The van der Waals surface area contributed by atoms with Crippen LogP contribution in [0.15, 0.2) is 18.5 Å². The SMILES string of the molecule is CC1CNCC1NC(=O)Cn1cccn1. The van der Waals surface area contributed by atoms with Gasteiger partial charge in [0.1, 0.15) is 6.54 Å². The van der Waals surface area contributed by atoms with Gasteiger partial charge in [-0.1, -0.05) is 6.92 Å². The molecule has 1 aliphatic heterocycles. The zero-order valence-corrected chi connectivity index (χ0v) is 8.81. The van der Waals surface area contributed by atoms with Crippen LogP contribution in [0.25, 0.3) is 0 Å². The number of nitrogens with one attached hydrogen (secondary N) is 2. The van der Waals surface area contributed by atoms with Gasteiger partial charge in [-0.3, -0.25) is 9.48 Å². The molecule has 1 amide bonds. The van der Waals surface area contributed by atoms with E-state index in [2.05, 4.69) is 22.7 Å². The summed E-state index contributed by atoms with van der Waals surface area (Å²) in [7, 11) is 0. The predicted molar refractivity (Wildman–Crippen MR) is 56.2 cm³/mol. The minimum Gasteiger partial charge on any atom is -0.350 e. The number of rotatable bonds is 3. The largest absolute Gasteiger partial charge is 0.350 e. The molecule has 0 spiro atoms. The molecule has 2 heterocycles. The van der Waals surface area contributed by atoms with Gasteiger partial charge in [0.2, 0.25) is 5.91 Å². The van der Waals surface area contributed by atoms with Gasteiger partial charge in [0.25, 0.3) is 0 Å². The highest BCUT2D eigenvalue weighted by molar-refractivity contribution is 5.76. The van der Waals surface area contributed by atoms with Gasteiger partial charge in [0, 0.05) is 25.0 Å². The Morgan fingerprint density at radius 3 is 3.13 bits per heavy atom. The molecule has 1 saturated heterocycles. The average Bonchev–Trinajstić information content (AvgIpc) is 2.79. The van der Waals surface area contributed by atoms with E-state index in [9.17, 15) is 4.79 Å². The maximum absolute atomic E-state index is 11.6. The molecule has 2 unspecified atom stereocenters. The van der Waals surface area contributed by atoms with Crippen LogP contribution in [-0.2, 0) is 11.3 Å². The van der Waals surface area contributed by atoms with Crippen molar-refractivity contribution in [3.05, 3.63) is 18.5 Å². The number of carbonyl (C=O) groups excluding carboxylic acids is 1. The molecule has 0 radical (unpaired) electrons. The molecule has 5 nitrogen and oxygen atoms in total. The molecule has 1 aromatic rings. The molecule has 2 rings (SSSR count). The molecule has 0 saturated carbocycles. The summed E-state index contributed by atoms with van der Waals surface area (Å²) in [5, 5.41) is 10.2. The maximum atomic E-state index is 11.6. The second-order valence-electron chi connectivity index (χ2n) is 4.01. The van der Waals surface area contributed by atoms with Gasteiger partial charge >= 0.3 is 0 Å². The summed E-state index contributed by atoms with van der Waals surface area (Å²) in [6.07, 6.45) is 3.46. The Bertz CT molecular complexity index is 322. The fourth-order valence-electron chi connectivity index (χ4n) is 1.80. The molecule has 2 atom stereocenters. The van der Waals surface area contributed by atoms with Crippen molar-refractivity contribution in [3.63, 3.8) is 0 Å². The molecule has 82 valence electrons.